The Morgan fingerprint density at radius 3 is 2.43 bits per heavy atom. The monoisotopic (exact) mass is 327 g/mol. The molecule has 0 aromatic heterocycles. The molecule has 0 saturated carbocycles. The van der Waals surface area contributed by atoms with E-state index in [1.54, 1.807) is 12.1 Å². The first-order valence-corrected chi connectivity index (χ1v) is 8.07. The van der Waals surface area contributed by atoms with Gasteiger partial charge in [0.05, 0.1) is 6.04 Å². The van der Waals surface area contributed by atoms with Crippen LogP contribution in [-0.4, -0.2) is 5.91 Å². The van der Waals surface area contributed by atoms with Gasteiger partial charge in [0, 0.05) is 11.1 Å². The number of carbonyl (C=O) groups excluding carboxylic acids is 1. The van der Waals surface area contributed by atoms with Crippen molar-refractivity contribution in [1.29, 1.82) is 0 Å². The van der Waals surface area contributed by atoms with Crippen LogP contribution in [0.3, 0.4) is 0 Å². The fraction of sp³-hybridized carbons (Fsp3) is 0.250. The molecule has 0 radical (unpaired) electrons. The Morgan fingerprint density at radius 1 is 1.09 bits per heavy atom. The highest BCUT2D eigenvalue weighted by Crippen LogP contribution is 2.22. The first kappa shape index (κ1) is 17.3. The fourth-order valence-corrected chi connectivity index (χ4v) is 2.76. The lowest BCUT2D eigenvalue weighted by Crippen LogP contribution is -2.25. The van der Waals surface area contributed by atoms with Gasteiger partial charge in [-0.2, -0.15) is 0 Å². The van der Waals surface area contributed by atoms with E-state index in [1.165, 1.54) is 22.8 Å². The summed E-state index contributed by atoms with van der Waals surface area (Å²) in [5.74, 6) is -0.130. The van der Waals surface area contributed by atoms with Crippen LogP contribution in [-0.2, 0) is 4.79 Å². The van der Waals surface area contributed by atoms with E-state index in [0.717, 1.165) is 11.1 Å². The number of hydrogen-bond donors (Lipinski definition) is 1. The van der Waals surface area contributed by atoms with Crippen molar-refractivity contribution >= 4 is 23.6 Å². The van der Waals surface area contributed by atoms with E-state index in [1.807, 2.05) is 25.1 Å². The molecule has 0 bridgehead atoms. The van der Waals surface area contributed by atoms with Crippen molar-refractivity contribution in [3.8, 4) is 0 Å². The van der Waals surface area contributed by atoms with Crippen molar-refractivity contribution in [1.82, 2.24) is 5.32 Å². The van der Waals surface area contributed by atoms with Gasteiger partial charge in [-0.3, -0.25) is 4.79 Å². The standard InChI is InChI=1S/C20H22ClNO/c1-13-11-15(3)18(12-14(13)2)16(4)22-20(23)10-9-17-7-5-6-8-19(17)21/h5-12,16H,1-4H3,(H,22,23)/b10-9+/t16-/m0/s1. The van der Waals surface area contributed by atoms with Crippen LogP contribution in [0.25, 0.3) is 6.08 Å². The topological polar surface area (TPSA) is 29.1 Å². The van der Waals surface area contributed by atoms with Gasteiger partial charge in [0.25, 0.3) is 0 Å². The third kappa shape index (κ3) is 4.46. The minimum Gasteiger partial charge on any atom is -0.346 e. The van der Waals surface area contributed by atoms with Crippen LogP contribution in [0, 0.1) is 20.8 Å². The highest BCUT2D eigenvalue weighted by atomic mass is 35.5. The van der Waals surface area contributed by atoms with Gasteiger partial charge in [-0.25, -0.2) is 0 Å². The quantitative estimate of drug-likeness (QED) is 0.772. The van der Waals surface area contributed by atoms with Gasteiger partial charge in [0.15, 0.2) is 0 Å². The summed E-state index contributed by atoms with van der Waals surface area (Å²) in [5, 5.41) is 3.64. The maximum Gasteiger partial charge on any atom is 0.244 e. The van der Waals surface area contributed by atoms with Gasteiger partial charge in [-0.15, -0.1) is 0 Å². The molecular weight excluding hydrogens is 306 g/mol. The van der Waals surface area contributed by atoms with Crippen LogP contribution in [0.2, 0.25) is 5.02 Å². The second-order valence-electron chi connectivity index (χ2n) is 5.88. The zero-order valence-corrected chi connectivity index (χ0v) is 14.7. The van der Waals surface area contributed by atoms with Gasteiger partial charge in [-0.05, 0) is 67.7 Å². The average molecular weight is 328 g/mol. The Balaban J connectivity index is 2.08. The van der Waals surface area contributed by atoms with Gasteiger partial charge < -0.3 is 5.32 Å². The largest absolute Gasteiger partial charge is 0.346 e. The van der Waals surface area contributed by atoms with E-state index < -0.39 is 0 Å². The summed E-state index contributed by atoms with van der Waals surface area (Å²) in [5.41, 5.74) is 5.67. The second-order valence-corrected chi connectivity index (χ2v) is 6.29. The summed E-state index contributed by atoms with van der Waals surface area (Å²) in [6.07, 6.45) is 3.26. The predicted octanol–water partition coefficient (Wildman–Crippen LogP) is 5.16. The number of benzene rings is 2. The molecule has 0 saturated heterocycles. The molecule has 1 amide bonds. The summed E-state index contributed by atoms with van der Waals surface area (Å²) in [6, 6.07) is 11.7. The van der Waals surface area contributed by atoms with Crippen LogP contribution in [0.1, 0.15) is 40.8 Å². The molecular formula is C20H22ClNO. The molecule has 0 aliphatic heterocycles. The van der Waals surface area contributed by atoms with E-state index in [2.05, 4.69) is 38.2 Å². The smallest absolute Gasteiger partial charge is 0.244 e. The first-order chi connectivity index (χ1) is 10.9. The molecule has 1 N–H and O–H groups in total. The molecule has 3 heteroatoms. The van der Waals surface area contributed by atoms with Crippen LogP contribution in [0.15, 0.2) is 42.5 Å². The van der Waals surface area contributed by atoms with Crippen molar-refractivity contribution in [3.05, 3.63) is 75.3 Å². The fourth-order valence-electron chi connectivity index (χ4n) is 2.56. The lowest BCUT2D eigenvalue weighted by molar-refractivity contribution is -0.117. The molecule has 2 nitrogen and oxygen atoms in total. The van der Waals surface area contributed by atoms with Crippen molar-refractivity contribution in [3.63, 3.8) is 0 Å². The molecule has 1 atom stereocenters. The highest BCUT2D eigenvalue weighted by Gasteiger charge is 2.11. The number of halogens is 1. The van der Waals surface area contributed by atoms with E-state index in [9.17, 15) is 4.79 Å². The Morgan fingerprint density at radius 2 is 1.74 bits per heavy atom. The Kier molecular flexibility index (Phi) is 5.62. The van der Waals surface area contributed by atoms with Gasteiger partial charge in [0.1, 0.15) is 0 Å². The maximum atomic E-state index is 12.1. The Bertz CT molecular complexity index is 749. The number of amides is 1. The molecule has 2 aromatic carbocycles. The second kappa shape index (κ2) is 7.47. The molecule has 2 rings (SSSR count). The number of aryl methyl sites for hydroxylation is 3. The van der Waals surface area contributed by atoms with Gasteiger partial charge in [0.2, 0.25) is 5.91 Å². The molecule has 0 fully saturated rings. The molecule has 0 spiro atoms. The normalized spacial score (nSPS) is 12.4. The summed E-state index contributed by atoms with van der Waals surface area (Å²) >= 11 is 6.08. The number of nitrogens with one attached hydrogen (secondary N) is 1. The SMILES string of the molecule is Cc1cc(C)c([C@H](C)NC(=O)/C=C/c2ccccc2Cl)cc1C. The minimum atomic E-state index is -0.130. The molecule has 0 heterocycles. The van der Waals surface area contributed by atoms with Crippen LogP contribution in [0.5, 0.6) is 0 Å². The van der Waals surface area contributed by atoms with Crippen molar-refractivity contribution < 1.29 is 4.79 Å². The third-order valence-corrected chi connectivity index (χ3v) is 4.37. The highest BCUT2D eigenvalue weighted by molar-refractivity contribution is 6.32. The molecule has 0 aliphatic rings. The van der Waals surface area contributed by atoms with E-state index in [-0.39, 0.29) is 11.9 Å². The van der Waals surface area contributed by atoms with Crippen molar-refractivity contribution in [2.45, 2.75) is 33.7 Å². The molecule has 2 aromatic rings. The number of hydrogen-bond acceptors (Lipinski definition) is 1. The van der Waals surface area contributed by atoms with E-state index >= 15 is 0 Å². The van der Waals surface area contributed by atoms with Crippen molar-refractivity contribution in [2.75, 3.05) is 0 Å². The van der Waals surface area contributed by atoms with Gasteiger partial charge >= 0.3 is 0 Å². The zero-order chi connectivity index (χ0) is 17.0. The summed E-state index contributed by atoms with van der Waals surface area (Å²) in [6.45, 7) is 8.26. The zero-order valence-electron chi connectivity index (χ0n) is 14.0. The average Bonchev–Trinajstić information content (AvgIpc) is 2.50. The summed E-state index contributed by atoms with van der Waals surface area (Å²) in [7, 11) is 0. The van der Waals surface area contributed by atoms with Crippen LogP contribution in [0.4, 0.5) is 0 Å². The minimum absolute atomic E-state index is 0.0438. The lowest BCUT2D eigenvalue weighted by Gasteiger charge is -2.17. The third-order valence-electron chi connectivity index (χ3n) is 4.03. The van der Waals surface area contributed by atoms with Crippen LogP contribution >= 0.6 is 11.6 Å². The van der Waals surface area contributed by atoms with Gasteiger partial charge in [-0.1, -0.05) is 41.9 Å². The summed E-state index contributed by atoms with van der Waals surface area (Å²) in [4.78, 5) is 12.1. The maximum absolute atomic E-state index is 12.1. The molecule has 120 valence electrons. The number of carbonyl (C=O) groups is 1. The summed E-state index contributed by atoms with van der Waals surface area (Å²) < 4.78 is 0. The molecule has 0 unspecified atom stereocenters. The van der Waals surface area contributed by atoms with Crippen LogP contribution < -0.4 is 5.32 Å². The predicted molar refractivity (Wildman–Crippen MR) is 97.7 cm³/mol. The van der Waals surface area contributed by atoms with Crippen molar-refractivity contribution in [2.24, 2.45) is 0 Å². The molecule has 23 heavy (non-hydrogen) atoms. The Labute approximate surface area is 143 Å². The first-order valence-electron chi connectivity index (χ1n) is 7.69. The lowest BCUT2D eigenvalue weighted by atomic mass is 9.96. The van der Waals surface area contributed by atoms with E-state index in [0.29, 0.717) is 5.02 Å². The van der Waals surface area contributed by atoms with E-state index in [4.69, 9.17) is 11.6 Å². The molecule has 0 aliphatic carbocycles. The number of rotatable bonds is 4. The Hall–Kier alpha value is -2.06.